The van der Waals surface area contributed by atoms with Crippen molar-refractivity contribution in [2.24, 2.45) is 0 Å². The van der Waals surface area contributed by atoms with Crippen molar-refractivity contribution < 1.29 is 0 Å². The fraction of sp³-hybridized carbons (Fsp3) is 0.500. The van der Waals surface area contributed by atoms with E-state index < -0.39 is 0 Å². The number of thiol groups is 1. The van der Waals surface area contributed by atoms with Crippen molar-refractivity contribution in [3.05, 3.63) is 11.1 Å². The molecule has 0 spiro atoms. The lowest BCUT2D eigenvalue weighted by molar-refractivity contribution is 1.24. The maximum Gasteiger partial charge on any atom is -0.00524 e. The van der Waals surface area contributed by atoms with Crippen LogP contribution in [-0.2, 0) is 0 Å². The summed E-state index contributed by atoms with van der Waals surface area (Å²) >= 11 is 7.16. The van der Waals surface area contributed by atoms with Crippen molar-refractivity contribution in [1.82, 2.24) is 0 Å². The van der Waals surface area contributed by atoms with Crippen LogP contribution in [0.25, 0.3) is 0 Å². The molecule has 0 unspecified atom stereocenters. The molecular weight excluding hydrogens is 160 g/mol. The van der Waals surface area contributed by atoms with E-state index in [1.165, 1.54) is 0 Å². The van der Waals surface area contributed by atoms with E-state index in [0.29, 0.717) is 0 Å². The maximum atomic E-state index is 3.97. The molecule has 0 aliphatic heterocycles. The first-order valence-corrected chi connectivity index (χ1v) is 3.14. The molecule has 0 aliphatic carbocycles. The molecule has 2 heteroatoms. The lowest BCUT2D eigenvalue weighted by atomic mass is 10.5. The molecule has 0 bridgehead atoms. The summed E-state index contributed by atoms with van der Waals surface area (Å²) in [5, 5.41) is 0. The summed E-state index contributed by atoms with van der Waals surface area (Å²) in [6.45, 7) is 3.61. The van der Waals surface area contributed by atoms with Crippen molar-refractivity contribution >= 4 is 28.6 Å². The second-order valence-electron chi connectivity index (χ2n) is 0.991. The average Bonchev–Trinajstić information content (AvgIpc) is 1.35. The minimum atomic E-state index is 0.879. The van der Waals surface area contributed by atoms with Crippen LogP contribution in [0.2, 0.25) is 0 Å². The highest BCUT2D eigenvalue weighted by atomic mass is 79.9. The molecule has 6 heavy (non-hydrogen) atoms. The van der Waals surface area contributed by atoms with Gasteiger partial charge in [0.05, 0.1) is 0 Å². The zero-order valence-electron chi connectivity index (χ0n) is 3.45. The third kappa shape index (κ3) is 4.57. The highest BCUT2D eigenvalue weighted by Crippen LogP contribution is 2.05. The van der Waals surface area contributed by atoms with Crippen molar-refractivity contribution in [1.29, 1.82) is 0 Å². The van der Waals surface area contributed by atoms with Crippen LogP contribution < -0.4 is 0 Å². The number of hydrogen-bond acceptors (Lipinski definition) is 1. The van der Waals surface area contributed by atoms with E-state index in [1.807, 2.05) is 0 Å². The lowest BCUT2D eigenvalue weighted by Gasteiger charge is -1.84. The summed E-state index contributed by atoms with van der Waals surface area (Å²) in [5.74, 6) is 0.879. The van der Waals surface area contributed by atoms with Crippen molar-refractivity contribution in [2.45, 2.75) is 6.42 Å². The standard InChI is InChI=1S/C4H7BrS/c1-4(5)2-3-6/h6H,1-3H2. The average molecular weight is 167 g/mol. The summed E-state index contributed by atoms with van der Waals surface area (Å²) in [7, 11) is 0. The number of rotatable bonds is 2. The van der Waals surface area contributed by atoms with E-state index in [0.717, 1.165) is 16.7 Å². The Kier molecular flexibility index (Phi) is 4.11. The Bertz CT molecular complexity index is 51.5. The molecule has 0 N–H and O–H groups in total. The summed E-state index contributed by atoms with van der Waals surface area (Å²) in [6.07, 6.45) is 0.961. The van der Waals surface area contributed by atoms with E-state index in [-0.39, 0.29) is 0 Å². The molecule has 0 aromatic carbocycles. The first kappa shape index (κ1) is 6.57. The van der Waals surface area contributed by atoms with Crippen LogP contribution in [0.1, 0.15) is 6.42 Å². The van der Waals surface area contributed by atoms with Gasteiger partial charge in [-0.1, -0.05) is 22.5 Å². The van der Waals surface area contributed by atoms with E-state index in [1.54, 1.807) is 0 Å². The molecule has 0 rings (SSSR count). The number of hydrogen-bond donors (Lipinski definition) is 1. The van der Waals surface area contributed by atoms with Crippen LogP contribution in [0.3, 0.4) is 0 Å². The Morgan fingerprint density at radius 3 is 2.33 bits per heavy atom. The minimum Gasteiger partial charge on any atom is -0.179 e. The van der Waals surface area contributed by atoms with Crippen LogP contribution in [0.5, 0.6) is 0 Å². The molecule has 0 atom stereocenters. The Hall–Kier alpha value is 0.570. The van der Waals surface area contributed by atoms with Gasteiger partial charge in [-0.2, -0.15) is 12.6 Å². The zero-order chi connectivity index (χ0) is 4.99. The molecule has 0 aromatic rings. The van der Waals surface area contributed by atoms with Crippen LogP contribution >= 0.6 is 28.6 Å². The summed E-state index contributed by atoms with van der Waals surface area (Å²) in [6, 6.07) is 0. The fourth-order valence-corrected chi connectivity index (χ4v) is 0.896. The first-order chi connectivity index (χ1) is 2.77. The third-order valence-corrected chi connectivity index (χ3v) is 1.00. The van der Waals surface area contributed by atoms with Crippen molar-refractivity contribution in [3.63, 3.8) is 0 Å². The molecule has 0 aliphatic rings. The maximum absolute atomic E-state index is 3.97. The summed E-state index contributed by atoms with van der Waals surface area (Å²) in [4.78, 5) is 0. The Morgan fingerprint density at radius 2 is 2.33 bits per heavy atom. The molecule has 0 fully saturated rings. The predicted octanol–water partition coefficient (Wildman–Crippen LogP) is 2.21. The summed E-state index contributed by atoms with van der Waals surface area (Å²) < 4.78 is 1.03. The fourth-order valence-electron chi connectivity index (χ4n) is 0.121. The summed E-state index contributed by atoms with van der Waals surface area (Å²) in [5.41, 5.74) is 0. The van der Waals surface area contributed by atoms with Crippen LogP contribution in [-0.4, -0.2) is 5.75 Å². The van der Waals surface area contributed by atoms with Gasteiger partial charge in [-0.15, -0.1) is 0 Å². The molecular formula is C4H7BrS. The molecule has 0 heterocycles. The molecule has 0 radical (unpaired) electrons. The van der Waals surface area contributed by atoms with Gasteiger partial charge in [-0.05, 0) is 16.7 Å². The smallest absolute Gasteiger partial charge is 0.00524 e. The molecule has 0 saturated carbocycles. The van der Waals surface area contributed by atoms with E-state index in [2.05, 4.69) is 35.1 Å². The van der Waals surface area contributed by atoms with Gasteiger partial charge in [0, 0.05) is 0 Å². The van der Waals surface area contributed by atoms with Gasteiger partial charge in [-0.3, -0.25) is 0 Å². The van der Waals surface area contributed by atoms with Gasteiger partial charge in [0.2, 0.25) is 0 Å². The molecule has 0 nitrogen and oxygen atoms in total. The predicted molar refractivity (Wildman–Crippen MR) is 36.5 cm³/mol. The van der Waals surface area contributed by atoms with E-state index in [9.17, 15) is 0 Å². The largest absolute Gasteiger partial charge is 0.179 e. The van der Waals surface area contributed by atoms with Gasteiger partial charge in [0.1, 0.15) is 0 Å². The van der Waals surface area contributed by atoms with Crippen molar-refractivity contribution in [3.8, 4) is 0 Å². The van der Waals surface area contributed by atoms with Gasteiger partial charge < -0.3 is 0 Å². The first-order valence-electron chi connectivity index (χ1n) is 1.71. The van der Waals surface area contributed by atoms with Gasteiger partial charge in [-0.25, -0.2) is 0 Å². The zero-order valence-corrected chi connectivity index (χ0v) is 5.93. The highest BCUT2D eigenvalue weighted by Gasteiger charge is 1.79. The minimum absolute atomic E-state index is 0.879. The molecule has 0 aromatic heterocycles. The van der Waals surface area contributed by atoms with E-state index in [4.69, 9.17) is 0 Å². The Balaban J connectivity index is 2.83. The van der Waals surface area contributed by atoms with Gasteiger partial charge >= 0.3 is 0 Å². The van der Waals surface area contributed by atoms with Crippen molar-refractivity contribution in [2.75, 3.05) is 5.75 Å². The second-order valence-corrected chi connectivity index (χ2v) is 2.56. The molecule has 0 amide bonds. The number of allylic oxidation sites excluding steroid dienone is 1. The third-order valence-electron chi connectivity index (χ3n) is 0.383. The SMILES string of the molecule is C=C(Br)CCS. The van der Waals surface area contributed by atoms with Crippen LogP contribution in [0, 0.1) is 0 Å². The van der Waals surface area contributed by atoms with E-state index >= 15 is 0 Å². The lowest BCUT2D eigenvalue weighted by Crippen LogP contribution is -1.68. The number of halogens is 1. The van der Waals surface area contributed by atoms with Crippen LogP contribution in [0.4, 0.5) is 0 Å². The Morgan fingerprint density at radius 1 is 1.83 bits per heavy atom. The monoisotopic (exact) mass is 166 g/mol. The van der Waals surface area contributed by atoms with Gasteiger partial charge in [0.25, 0.3) is 0 Å². The quantitative estimate of drug-likeness (QED) is 0.599. The Labute approximate surface area is 52.2 Å². The molecule has 0 saturated heterocycles. The van der Waals surface area contributed by atoms with Gasteiger partial charge in [0.15, 0.2) is 0 Å². The normalized spacial score (nSPS) is 8.33. The molecule has 36 valence electrons. The highest BCUT2D eigenvalue weighted by molar-refractivity contribution is 9.11. The topological polar surface area (TPSA) is 0 Å². The van der Waals surface area contributed by atoms with Crippen LogP contribution in [0.15, 0.2) is 11.1 Å². The second kappa shape index (κ2) is 3.75.